The summed E-state index contributed by atoms with van der Waals surface area (Å²) in [5.41, 5.74) is 0. The van der Waals surface area contributed by atoms with E-state index in [1.165, 1.54) is 0 Å². The molecule has 9 heteroatoms. The van der Waals surface area contributed by atoms with Gasteiger partial charge in [0.15, 0.2) is 13.1 Å². The van der Waals surface area contributed by atoms with Crippen molar-refractivity contribution in [3.8, 4) is 0 Å². The summed E-state index contributed by atoms with van der Waals surface area (Å²) in [6.07, 6.45) is 0. The summed E-state index contributed by atoms with van der Waals surface area (Å²) >= 11 is 0. The van der Waals surface area contributed by atoms with E-state index >= 15 is 0 Å². The number of likely N-dealkylation sites (N-methyl/N-ethyl adjacent to an activating group) is 2. The Kier molecular flexibility index (Phi) is 15.4. The van der Waals surface area contributed by atoms with E-state index in [1.54, 1.807) is 0 Å². The standard InChI is InChI=1S/C10H20N2O4.2ClH.Co/c1-11(2,7-9(13)14)5-6-12(3,4)8-10(15)16;;;/h5-8H2,1-4H3;2*1H;. The zero-order valence-corrected chi connectivity index (χ0v) is 14.1. The molecule has 6 nitrogen and oxygen atoms in total. The molecule has 0 amide bonds. The molecule has 1 radical (unpaired) electrons. The van der Waals surface area contributed by atoms with Gasteiger partial charge in [0.2, 0.25) is 0 Å². The summed E-state index contributed by atoms with van der Waals surface area (Å²) in [6, 6.07) is 0. The van der Waals surface area contributed by atoms with Gasteiger partial charge in [-0.05, 0) is 0 Å². The van der Waals surface area contributed by atoms with E-state index in [1.807, 2.05) is 28.2 Å². The molecule has 0 spiro atoms. The molecule has 119 valence electrons. The van der Waals surface area contributed by atoms with E-state index in [0.29, 0.717) is 22.1 Å². The van der Waals surface area contributed by atoms with Crippen LogP contribution in [0.3, 0.4) is 0 Å². The van der Waals surface area contributed by atoms with E-state index in [2.05, 4.69) is 0 Å². The van der Waals surface area contributed by atoms with Crippen LogP contribution in [-0.2, 0) is 26.4 Å². The summed E-state index contributed by atoms with van der Waals surface area (Å²) in [7, 11) is 7.31. The van der Waals surface area contributed by atoms with Crippen molar-refractivity contribution in [2.45, 2.75) is 0 Å². The van der Waals surface area contributed by atoms with E-state index in [4.69, 9.17) is 10.2 Å². The second-order valence-electron chi connectivity index (χ2n) is 5.42. The molecular weight excluding hydrogens is 342 g/mol. The molecule has 0 saturated carbocycles. The van der Waals surface area contributed by atoms with E-state index in [-0.39, 0.29) is 54.7 Å². The van der Waals surface area contributed by atoms with Crippen LogP contribution in [0.2, 0.25) is 0 Å². The molecule has 0 saturated heterocycles. The van der Waals surface area contributed by atoms with Crippen LogP contribution in [0.25, 0.3) is 0 Å². The van der Waals surface area contributed by atoms with Crippen molar-refractivity contribution < 1.29 is 70.4 Å². The number of nitrogens with zero attached hydrogens (tertiary/aromatic N) is 2. The van der Waals surface area contributed by atoms with Crippen molar-refractivity contribution in [1.29, 1.82) is 0 Å². The van der Waals surface area contributed by atoms with Crippen molar-refractivity contribution in [3.05, 3.63) is 0 Å². The fourth-order valence-corrected chi connectivity index (χ4v) is 1.43. The van der Waals surface area contributed by atoms with Gasteiger partial charge in [0.05, 0.1) is 28.2 Å². The Morgan fingerprint density at radius 1 is 0.789 bits per heavy atom. The van der Waals surface area contributed by atoms with Gasteiger partial charge in [-0.1, -0.05) is 0 Å². The number of quaternary nitrogens is 2. The predicted octanol–water partition coefficient (Wildman–Crippen LogP) is -6.69. The number of aliphatic carboxylic acids is 2. The maximum atomic E-state index is 10.6. The molecule has 0 bridgehead atoms. The number of carboxylic acids is 2. The van der Waals surface area contributed by atoms with Crippen molar-refractivity contribution in [1.82, 2.24) is 0 Å². The van der Waals surface area contributed by atoms with Crippen molar-refractivity contribution >= 4 is 11.9 Å². The van der Waals surface area contributed by atoms with Gasteiger partial charge in [-0.25, -0.2) is 9.59 Å². The maximum Gasteiger partial charge on any atom is 0.359 e. The Balaban J connectivity index is -0.000000375. The number of hydrogen-bond acceptors (Lipinski definition) is 2. The minimum atomic E-state index is -0.839. The normalized spacial score (nSPS) is 10.5. The molecule has 0 aliphatic rings. The van der Waals surface area contributed by atoms with Crippen LogP contribution < -0.4 is 24.8 Å². The zero-order valence-electron chi connectivity index (χ0n) is 11.5. The fraction of sp³-hybridized carbons (Fsp3) is 0.800. The first-order valence-corrected chi connectivity index (χ1v) is 5.12. The quantitative estimate of drug-likeness (QED) is 0.441. The predicted molar refractivity (Wildman–Crippen MR) is 59.0 cm³/mol. The number of hydrogen-bond donors (Lipinski definition) is 2. The van der Waals surface area contributed by atoms with Crippen LogP contribution in [0, 0.1) is 0 Å². The third-order valence-corrected chi connectivity index (χ3v) is 2.44. The Hall–Kier alpha value is -0.0535. The number of halogens is 2. The Bertz CT molecular complexity index is 261. The van der Waals surface area contributed by atoms with Crippen LogP contribution in [0.15, 0.2) is 0 Å². The zero-order chi connectivity index (χ0) is 13.0. The number of carbonyl (C=O) groups is 2. The largest absolute Gasteiger partial charge is 1.00 e. The fourth-order valence-electron chi connectivity index (χ4n) is 1.43. The van der Waals surface area contributed by atoms with Gasteiger partial charge in [-0.3, -0.25) is 0 Å². The summed E-state index contributed by atoms with van der Waals surface area (Å²) in [6.45, 7) is 1.36. The molecule has 0 heterocycles. The van der Waals surface area contributed by atoms with Gasteiger partial charge in [-0.15, -0.1) is 0 Å². The van der Waals surface area contributed by atoms with Crippen LogP contribution >= 0.6 is 0 Å². The van der Waals surface area contributed by atoms with Gasteiger partial charge in [0.25, 0.3) is 0 Å². The Morgan fingerprint density at radius 2 is 1.00 bits per heavy atom. The van der Waals surface area contributed by atoms with E-state index in [0.717, 1.165) is 0 Å². The van der Waals surface area contributed by atoms with Crippen molar-refractivity contribution in [2.75, 3.05) is 54.4 Å². The summed E-state index contributed by atoms with van der Waals surface area (Å²) < 4.78 is 0.716. The summed E-state index contributed by atoms with van der Waals surface area (Å²) in [4.78, 5) is 21.2. The Morgan fingerprint density at radius 3 is 1.16 bits per heavy atom. The summed E-state index contributed by atoms with van der Waals surface area (Å²) in [5.74, 6) is -1.68. The van der Waals surface area contributed by atoms with Crippen LogP contribution in [0.1, 0.15) is 0 Å². The molecule has 0 aliphatic carbocycles. The third-order valence-electron chi connectivity index (χ3n) is 2.44. The second-order valence-corrected chi connectivity index (χ2v) is 5.42. The topological polar surface area (TPSA) is 74.6 Å². The smallest absolute Gasteiger partial charge is 0.359 e. The minimum absolute atomic E-state index is 0. The van der Waals surface area contributed by atoms with E-state index < -0.39 is 11.9 Å². The average molecular weight is 364 g/mol. The number of rotatable bonds is 7. The average Bonchev–Trinajstić information content (AvgIpc) is 1.96. The SMILES string of the molecule is C[N+](C)(CC[N+](C)(C)CC(=O)O)CC(=O)O.[Cl-].[Cl-].[Co]. The molecule has 0 aromatic rings. The first-order valence-electron chi connectivity index (χ1n) is 5.12. The third kappa shape index (κ3) is 15.9. The van der Waals surface area contributed by atoms with Gasteiger partial charge >= 0.3 is 11.9 Å². The maximum absolute atomic E-state index is 10.6. The van der Waals surface area contributed by atoms with Gasteiger partial charge in [0, 0.05) is 16.8 Å². The second kappa shape index (κ2) is 10.7. The van der Waals surface area contributed by atoms with Crippen LogP contribution in [0.5, 0.6) is 0 Å². The van der Waals surface area contributed by atoms with Gasteiger partial charge in [0.1, 0.15) is 13.1 Å². The molecule has 0 aromatic heterocycles. The van der Waals surface area contributed by atoms with E-state index in [9.17, 15) is 9.59 Å². The molecule has 0 fully saturated rings. The Labute approximate surface area is 137 Å². The molecule has 0 aliphatic heterocycles. The van der Waals surface area contributed by atoms with Gasteiger partial charge in [-0.2, -0.15) is 0 Å². The van der Waals surface area contributed by atoms with Crippen molar-refractivity contribution in [3.63, 3.8) is 0 Å². The molecule has 0 rings (SSSR count). The molecule has 0 aromatic carbocycles. The minimum Gasteiger partial charge on any atom is -1.00 e. The van der Waals surface area contributed by atoms with Gasteiger partial charge < -0.3 is 44.0 Å². The molecular formula is C10H22Cl2CoN2O4. The first-order chi connectivity index (χ1) is 7.04. The first kappa shape index (κ1) is 27.3. The molecule has 0 unspecified atom stereocenters. The number of carboxylic acid groups (broad SMARTS) is 2. The molecule has 0 atom stereocenters. The monoisotopic (exact) mass is 363 g/mol. The van der Waals surface area contributed by atoms with Crippen LogP contribution in [-0.4, -0.2) is 85.5 Å². The molecule has 19 heavy (non-hydrogen) atoms. The van der Waals surface area contributed by atoms with Crippen LogP contribution in [0.4, 0.5) is 0 Å². The van der Waals surface area contributed by atoms with Crippen molar-refractivity contribution in [2.24, 2.45) is 0 Å². The summed E-state index contributed by atoms with van der Waals surface area (Å²) in [5, 5.41) is 17.4. The molecule has 2 N–H and O–H groups in total.